The molecule has 20 heavy (non-hydrogen) atoms. The molecule has 7 heteroatoms. The quantitative estimate of drug-likeness (QED) is 0.552. The number of hydrogen-bond acceptors (Lipinski definition) is 5. The summed E-state index contributed by atoms with van der Waals surface area (Å²) in [7, 11) is 2.77. The van der Waals surface area contributed by atoms with E-state index >= 15 is 0 Å². The number of carboxylic acid groups (broad SMARTS) is 2. The van der Waals surface area contributed by atoms with E-state index in [9.17, 15) is 19.8 Å². The van der Waals surface area contributed by atoms with Gasteiger partial charge in [0.1, 0.15) is 12.2 Å². The van der Waals surface area contributed by atoms with Gasteiger partial charge in [-0.25, -0.2) is 0 Å². The van der Waals surface area contributed by atoms with Gasteiger partial charge in [-0.15, -0.1) is 0 Å². The lowest BCUT2D eigenvalue weighted by molar-refractivity contribution is -0.191. The summed E-state index contributed by atoms with van der Waals surface area (Å²) in [6.45, 7) is 3.05. The maximum atomic E-state index is 11.7. The summed E-state index contributed by atoms with van der Waals surface area (Å²) in [6, 6.07) is 0. The molecule has 0 aromatic rings. The SMILES string of the molecule is CCC(C(=O)O)C(OCOC)C(CC)(COC)C(=O)O. The van der Waals surface area contributed by atoms with E-state index in [1.165, 1.54) is 14.2 Å². The lowest BCUT2D eigenvalue weighted by Crippen LogP contribution is -2.52. The van der Waals surface area contributed by atoms with Crippen molar-refractivity contribution in [1.29, 1.82) is 0 Å². The van der Waals surface area contributed by atoms with E-state index in [0.29, 0.717) is 0 Å². The van der Waals surface area contributed by atoms with Gasteiger partial charge in [0.25, 0.3) is 0 Å². The molecule has 3 unspecified atom stereocenters. The molecule has 0 rings (SSSR count). The Hall–Kier alpha value is -1.18. The molecule has 0 fully saturated rings. The van der Waals surface area contributed by atoms with E-state index in [-0.39, 0.29) is 26.2 Å². The van der Waals surface area contributed by atoms with Gasteiger partial charge < -0.3 is 24.4 Å². The van der Waals surface area contributed by atoms with Crippen LogP contribution in [0.2, 0.25) is 0 Å². The van der Waals surface area contributed by atoms with Crippen LogP contribution in [0.3, 0.4) is 0 Å². The van der Waals surface area contributed by atoms with Gasteiger partial charge in [-0.1, -0.05) is 13.8 Å². The van der Waals surface area contributed by atoms with Crippen molar-refractivity contribution in [2.75, 3.05) is 27.6 Å². The molecule has 0 radical (unpaired) electrons. The minimum Gasteiger partial charge on any atom is -0.481 e. The van der Waals surface area contributed by atoms with Crippen molar-refractivity contribution >= 4 is 11.9 Å². The Balaban J connectivity index is 5.61. The predicted molar refractivity (Wildman–Crippen MR) is 70.4 cm³/mol. The Kier molecular flexibility index (Phi) is 8.36. The van der Waals surface area contributed by atoms with Crippen LogP contribution < -0.4 is 0 Å². The molecule has 0 saturated heterocycles. The van der Waals surface area contributed by atoms with E-state index in [1.54, 1.807) is 13.8 Å². The van der Waals surface area contributed by atoms with Crippen LogP contribution in [0.5, 0.6) is 0 Å². The summed E-state index contributed by atoms with van der Waals surface area (Å²) in [4.78, 5) is 23.1. The van der Waals surface area contributed by atoms with Crippen LogP contribution in [0.15, 0.2) is 0 Å². The van der Waals surface area contributed by atoms with Crippen molar-refractivity contribution in [3.8, 4) is 0 Å². The van der Waals surface area contributed by atoms with Crippen LogP contribution in [-0.4, -0.2) is 55.9 Å². The first-order chi connectivity index (χ1) is 9.41. The fourth-order valence-corrected chi connectivity index (χ4v) is 2.30. The average molecular weight is 292 g/mol. The Labute approximate surface area is 118 Å². The van der Waals surface area contributed by atoms with Gasteiger partial charge in [-0.2, -0.15) is 0 Å². The molecule has 0 amide bonds. The van der Waals surface area contributed by atoms with Crippen LogP contribution in [0, 0.1) is 11.3 Å². The lowest BCUT2D eigenvalue weighted by Gasteiger charge is -2.38. The first-order valence-corrected chi connectivity index (χ1v) is 6.46. The first kappa shape index (κ1) is 18.8. The van der Waals surface area contributed by atoms with Gasteiger partial charge in [-0.05, 0) is 12.8 Å². The third-order valence-corrected chi connectivity index (χ3v) is 3.49. The molecule has 0 aromatic carbocycles. The second kappa shape index (κ2) is 8.89. The largest absolute Gasteiger partial charge is 0.481 e. The van der Waals surface area contributed by atoms with Gasteiger partial charge in [-0.3, -0.25) is 9.59 Å². The molecule has 3 atom stereocenters. The number of rotatable bonds is 11. The Morgan fingerprint density at radius 2 is 1.75 bits per heavy atom. The first-order valence-electron chi connectivity index (χ1n) is 6.46. The zero-order valence-corrected chi connectivity index (χ0v) is 12.4. The maximum Gasteiger partial charge on any atom is 0.314 e. The molecular formula is C13H24O7. The maximum absolute atomic E-state index is 11.7. The molecule has 0 spiro atoms. The third kappa shape index (κ3) is 4.16. The number of carboxylic acids is 2. The highest BCUT2D eigenvalue weighted by atomic mass is 16.7. The molecule has 0 aliphatic carbocycles. The molecule has 0 aliphatic rings. The number of hydrogen-bond donors (Lipinski definition) is 2. The highest BCUT2D eigenvalue weighted by Gasteiger charge is 2.50. The normalized spacial score (nSPS) is 17.2. The van der Waals surface area contributed by atoms with Gasteiger partial charge in [0.15, 0.2) is 0 Å². The van der Waals surface area contributed by atoms with Crippen LogP contribution in [-0.2, 0) is 23.8 Å². The summed E-state index contributed by atoms with van der Waals surface area (Å²) in [5.41, 5.74) is -1.42. The van der Waals surface area contributed by atoms with Crippen molar-refractivity contribution in [3.05, 3.63) is 0 Å². The van der Waals surface area contributed by atoms with E-state index in [2.05, 4.69) is 0 Å². The van der Waals surface area contributed by atoms with E-state index in [0.717, 1.165) is 0 Å². The van der Waals surface area contributed by atoms with E-state index in [4.69, 9.17) is 14.2 Å². The summed E-state index contributed by atoms with van der Waals surface area (Å²) in [6.07, 6.45) is -0.594. The summed E-state index contributed by atoms with van der Waals surface area (Å²) in [5.74, 6) is -3.18. The van der Waals surface area contributed by atoms with Crippen molar-refractivity contribution in [3.63, 3.8) is 0 Å². The standard InChI is InChI=1S/C13H24O7/c1-5-9(11(14)15)10(20-8-19-4)13(6-2,7-18-3)12(16)17/h9-10H,5-8H2,1-4H3,(H,14,15)(H,16,17). The topological polar surface area (TPSA) is 102 Å². The fourth-order valence-electron chi connectivity index (χ4n) is 2.30. The smallest absolute Gasteiger partial charge is 0.314 e. The Morgan fingerprint density at radius 3 is 2.05 bits per heavy atom. The van der Waals surface area contributed by atoms with Crippen LogP contribution >= 0.6 is 0 Å². The van der Waals surface area contributed by atoms with Crippen molar-refractivity contribution in [1.82, 2.24) is 0 Å². The van der Waals surface area contributed by atoms with Gasteiger partial charge in [0.05, 0.1) is 18.6 Å². The van der Waals surface area contributed by atoms with E-state index in [1.807, 2.05) is 0 Å². The Bertz CT molecular complexity index is 318. The molecule has 0 bridgehead atoms. The fraction of sp³-hybridized carbons (Fsp3) is 0.846. The average Bonchev–Trinajstić information content (AvgIpc) is 2.40. The summed E-state index contributed by atoms with van der Waals surface area (Å²) in [5, 5.41) is 18.9. The van der Waals surface area contributed by atoms with Crippen molar-refractivity contribution < 1.29 is 34.0 Å². The van der Waals surface area contributed by atoms with Crippen LogP contribution in [0.25, 0.3) is 0 Å². The highest BCUT2D eigenvalue weighted by molar-refractivity contribution is 5.78. The highest BCUT2D eigenvalue weighted by Crippen LogP contribution is 2.36. The van der Waals surface area contributed by atoms with Gasteiger partial charge in [0.2, 0.25) is 0 Å². The number of methoxy groups -OCH3 is 2. The molecule has 118 valence electrons. The number of ether oxygens (including phenoxy) is 3. The van der Waals surface area contributed by atoms with Crippen LogP contribution in [0.1, 0.15) is 26.7 Å². The lowest BCUT2D eigenvalue weighted by atomic mass is 9.73. The monoisotopic (exact) mass is 292 g/mol. The van der Waals surface area contributed by atoms with Crippen molar-refractivity contribution in [2.45, 2.75) is 32.8 Å². The molecule has 7 nitrogen and oxygen atoms in total. The molecule has 0 aliphatic heterocycles. The Morgan fingerprint density at radius 1 is 1.15 bits per heavy atom. The van der Waals surface area contributed by atoms with Gasteiger partial charge >= 0.3 is 11.9 Å². The minimum atomic E-state index is -1.42. The zero-order valence-electron chi connectivity index (χ0n) is 12.4. The third-order valence-electron chi connectivity index (χ3n) is 3.49. The molecule has 0 saturated carbocycles. The number of carbonyl (C=O) groups is 2. The molecule has 0 heterocycles. The zero-order chi connectivity index (χ0) is 15.8. The van der Waals surface area contributed by atoms with Gasteiger partial charge in [0, 0.05) is 14.2 Å². The molecule has 0 aromatic heterocycles. The molecule has 2 N–H and O–H groups in total. The predicted octanol–water partition coefficient (Wildman–Crippen LogP) is 1.21. The van der Waals surface area contributed by atoms with Crippen molar-refractivity contribution in [2.24, 2.45) is 11.3 Å². The van der Waals surface area contributed by atoms with E-state index < -0.39 is 29.4 Å². The second-order valence-electron chi connectivity index (χ2n) is 4.59. The summed E-state index contributed by atoms with van der Waals surface area (Å²) >= 11 is 0. The minimum absolute atomic E-state index is 0.128. The second-order valence-corrected chi connectivity index (χ2v) is 4.59. The number of aliphatic carboxylic acids is 2. The summed E-state index contributed by atoms with van der Waals surface area (Å²) < 4.78 is 15.2. The molecular weight excluding hydrogens is 268 g/mol. The van der Waals surface area contributed by atoms with Crippen LogP contribution in [0.4, 0.5) is 0 Å².